The van der Waals surface area contributed by atoms with Crippen molar-refractivity contribution in [3.8, 4) is 0 Å². The fourth-order valence-electron chi connectivity index (χ4n) is 2.66. The second-order valence-electron chi connectivity index (χ2n) is 6.64. The normalized spacial score (nSPS) is 20.1. The molecule has 0 aromatic carbocycles. The van der Waals surface area contributed by atoms with Gasteiger partial charge in [-0.05, 0) is 25.7 Å². The van der Waals surface area contributed by atoms with E-state index in [0.29, 0.717) is 24.5 Å². The van der Waals surface area contributed by atoms with E-state index in [9.17, 15) is 19.8 Å². The predicted octanol–water partition coefficient (Wildman–Crippen LogP) is 1.90. The molecule has 1 rings (SSSR count). The molecule has 0 aromatic rings. The highest BCUT2D eigenvalue weighted by atomic mass is 33.1. The smallest absolute Gasteiger partial charge is 0.305 e. The maximum atomic E-state index is 11.9. The van der Waals surface area contributed by atoms with Gasteiger partial charge in [-0.3, -0.25) is 9.59 Å². The summed E-state index contributed by atoms with van der Waals surface area (Å²) in [5, 5.41) is 23.4. The summed E-state index contributed by atoms with van der Waals surface area (Å²) in [6.45, 7) is 1.67. The molecule has 158 valence electrons. The van der Waals surface area contributed by atoms with Crippen molar-refractivity contribution in [1.29, 1.82) is 0 Å². The van der Waals surface area contributed by atoms with Crippen LogP contribution in [0.3, 0.4) is 0 Å². The average molecular weight is 424 g/mol. The Balaban J connectivity index is 2.19. The van der Waals surface area contributed by atoms with E-state index < -0.39 is 18.3 Å². The first kappa shape index (κ1) is 24.6. The van der Waals surface area contributed by atoms with Gasteiger partial charge in [0.2, 0.25) is 5.91 Å². The number of methoxy groups -OCH3 is 1. The van der Waals surface area contributed by atoms with E-state index >= 15 is 0 Å². The molecule has 0 radical (unpaired) electrons. The average Bonchev–Trinajstić information content (AvgIpc) is 3.17. The number of amides is 1. The van der Waals surface area contributed by atoms with Crippen LogP contribution in [-0.2, 0) is 19.1 Å². The Morgan fingerprint density at radius 3 is 2.67 bits per heavy atom. The Kier molecular flexibility index (Phi) is 13.2. The van der Waals surface area contributed by atoms with Crippen LogP contribution < -0.4 is 5.32 Å². The highest BCUT2D eigenvalue weighted by Gasteiger charge is 2.28. The SMILES string of the molecule is CCCC(=O)NC[C@@H](O)[C@H](O)[C@@H](COC(=O)CCCCC1CCSS1)OC. The second kappa shape index (κ2) is 14.5. The van der Waals surface area contributed by atoms with E-state index in [1.807, 2.05) is 28.5 Å². The van der Waals surface area contributed by atoms with Crippen LogP contribution in [0, 0.1) is 0 Å². The van der Waals surface area contributed by atoms with Crippen LogP contribution in [0.5, 0.6) is 0 Å². The number of carbonyl (C=O) groups is 2. The first-order valence-corrected chi connectivity index (χ1v) is 12.0. The number of nitrogens with one attached hydrogen (secondary N) is 1. The lowest BCUT2D eigenvalue weighted by atomic mass is 10.1. The number of hydrogen-bond acceptors (Lipinski definition) is 8. The highest BCUT2D eigenvalue weighted by Crippen LogP contribution is 2.39. The van der Waals surface area contributed by atoms with E-state index in [0.717, 1.165) is 19.3 Å². The van der Waals surface area contributed by atoms with Gasteiger partial charge in [-0.15, -0.1) is 0 Å². The second-order valence-corrected chi connectivity index (χ2v) is 9.43. The van der Waals surface area contributed by atoms with Crippen LogP contribution in [0.4, 0.5) is 0 Å². The van der Waals surface area contributed by atoms with Crippen LogP contribution in [0.2, 0.25) is 0 Å². The number of hydrogen-bond donors (Lipinski definition) is 3. The van der Waals surface area contributed by atoms with Gasteiger partial charge >= 0.3 is 5.97 Å². The van der Waals surface area contributed by atoms with Gasteiger partial charge in [-0.1, -0.05) is 34.9 Å². The first-order valence-electron chi connectivity index (χ1n) is 9.57. The van der Waals surface area contributed by atoms with Gasteiger partial charge in [0, 0.05) is 37.5 Å². The monoisotopic (exact) mass is 423 g/mol. The first-order chi connectivity index (χ1) is 13.0. The van der Waals surface area contributed by atoms with Crippen LogP contribution in [0.15, 0.2) is 0 Å². The molecule has 9 heteroatoms. The number of aliphatic hydroxyl groups is 2. The van der Waals surface area contributed by atoms with E-state index in [-0.39, 0.29) is 25.0 Å². The fourth-order valence-corrected chi connectivity index (χ4v) is 5.69. The van der Waals surface area contributed by atoms with Crippen molar-refractivity contribution < 1.29 is 29.3 Å². The summed E-state index contributed by atoms with van der Waals surface area (Å²) in [4.78, 5) is 23.3. The Hall–Kier alpha value is -0.480. The molecule has 0 aliphatic carbocycles. The lowest BCUT2D eigenvalue weighted by molar-refractivity contribution is -0.153. The summed E-state index contributed by atoms with van der Waals surface area (Å²) in [6, 6.07) is 0. The van der Waals surface area contributed by atoms with Gasteiger partial charge in [0.05, 0.1) is 6.10 Å². The van der Waals surface area contributed by atoms with Crippen molar-refractivity contribution in [2.24, 2.45) is 0 Å². The molecule has 1 aliphatic rings. The van der Waals surface area contributed by atoms with Gasteiger partial charge in [0.1, 0.15) is 18.8 Å². The molecule has 0 aromatic heterocycles. The molecule has 7 nitrogen and oxygen atoms in total. The third-order valence-electron chi connectivity index (χ3n) is 4.36. The maximum Gasteiger partial charge on any atom is 0.305 e. The van der Waals surface area contributed by atoms with E-state index in [1.165, 1.54) is 19.3 Å². The molecule has 1 unspecified atom stereocenters. The topological polar surface area (TPSA) is 105 Å². The van der Waals surface area contributed by atoms with Crippen molar-refractivity contribution in [2.75, 3.05) is 26.0 Å². The number of esters is 1. The lowest BCUT2D eigenvalue weighted by Gasteiger charge is -2.25. The minimum atomic E-state index is -1.26. The molecule has 3 N–H and O–H groups in total. The Morgan fingerprint density at radius 1 is 1.26 bits per heavy atom. The number of ether oxygens (including phenoxy) is 2. The molecule has 4 atom stereocenters. The number of unbranched alkanes of at least 4 members (excludes halogenated alkanes) is 1. The molecule has 0 spiro atoms. The summed E-state index contributed by atoms with van der Waals surface area (Å²) in [5.74, 6) is 0.703. The van der Waals surface area contributed by atoms with Crippen molar-refractivity contribution in [3.05, 3.63) is 0 Å². The zero-order valence-electron chi connectivity index (χ0n) is 16.2. The highest BCUT2D eigenvalue weighted by molar-refractivity contribution is 8.77. The molecule has 0 bridgehead atoms. The minimum absolute atomic E-state index is 0.0781. The van der Waals surface area contributed by atoms with Crippen molar-refractivity contribution in [1.82, 2.24) is 5.32 Å². The molecular formula is C18H33NO6S2. The summed E-state index contributed by atoms with van der Waals surface area (Å²) < 4.78 is 10.3. The largest absolute Gasteiger partial charge is 0.463 e. The van der Waals surface area contributed by atoms with Crippen LogP contribution in [0.25, 0.3) is 0 Å². The third kappa shape index (κ3) is 10.6. The van der Waals surface area contributed by atoms with Crippen LogP contribution in [-0.4, -0.2) is 71.7 Å². The summed E-state index contributed by atoms with van der Waals surface area (Å²) in [5.41, 5.74) is 0. The summed E-state index contributed by atoms with van der Waals surface area (Å²) in [7, 11) is 5.23. The Morgan fingerprint density at radius 2 is 2.04 bits per heavy atom. The zero-order chi connectivity index (χ0) is 20.1. The van der Waals surface area contributed by atoms with Gasteiger partial charge < -0.3 is 25.0 Å². The molecule has 0 saturated carbocycles. The predicted molar refractivity (Wildman–Crippen MR) is 109 cm³/mol. The summed E-state index contributed by atoms with van der Waals surface area (Å²) >= 11 is 0. The number of carbonyl (C=O) groups excluding carboxylic acids is 2. The van der Waals surface area contributed by atoms with Crippen molar-refractivity contribution in [3.63, 3.8) is 0 Å². The molecular weight excluding hydrogens is 390 g/mol. The van der Waals surface area contributed by atoms with Gasteiger partial charge in [0.15, 0.2) is 0 Å². The molecule has 27 heavy (non-hydrogen) atoms. The van der Waals surface area contributed by atoms with Gasteiger partial charge in [0.25, 0.3) is 0 Å². The lowest BCUT2D eigenvalue weighted by Crippen LogP contribution is -2.47. The fraction of sp³-hybridized carbons (Fsp3) is 0.889. The molecule has 1 aliphatic heterocycles. The van der Waals surface area contributed by atoms with Gasteiger partial charge in [-0.25, -0.2) is 0 Å². The number of rotatable bonds is 14. The Labute approximate surface area is 169 Å². The van der Waals surface area contributed by atoms with E-state index in [1.54, 1.807) is 0 Å². The third-order valence-corrected chi connectivity index (χ3v) is 7.36. The van der Waals surface area contributed by atoms with Crippen LogP contribution >= 0.6 is 21.6 Å². The van der Waals surface area contributed by atoms with E-state index in [2.05, 4.69) is 5.32 Å². The summed E-state index contributed by atoms with van der Waals surface area (Å²) in [6.07, 6.45) is 2.26. The standard InChI is InChI=1S/C18H33NO6S2/c1-3-6-16(21)19-11-14(20)18(23)15(24-2)12-25-17(22)8-5-4-7-13-9-10-26-27-13/h13-15,18,20,23H,3-12H2,1-2H3,(H,19,21)/t13?,14-,15-,18+/m1/s1. The van der Waals surface area contributed by atoms with Crippen molar-refractivity contribution in [2.45, 2.75) is 75.4 Å². The molecule has 1 heterocycles. The quantitative estimate of drug-likeness (QED) is 0.221. The minimum Gasteiger partial charge on any atom is -0.463 e. The molecule has 1 amide bonds. The zero-order valence-corrected chi connectivity index (χ0v) is 17.9. The van der Waals surface area contributed by atoms with E-state index in [4.69, 9.17) is 9.47 Å². The van der Waals surface area contributed by atoms with Crippen LogP contribution in [0.1, 0.15) is 51.9 Å². The van der Waals surface area contributed by atoms with Gasteiger partial charge in [-0.2, -0.15) is 0 Å². The maximum absolute atomic E-state index is 11.9. The van der Waals surface area contributed by atoms with Crippen molar-refractivity contribution >= 4 is 33.5 Å². The number of aliphatic hydroxyl groups excluding tert-OH is 2. The Bertz CT molecular complexity index is 434. The molecule has 1 saturated heterocycles. The molecule has 1 fully saturated rings.